The van der Waals surface area contributed by atoms with Gasteiger partial charge in [0.05, 0.1) is 30.0 Å². The van der Waals surface area contributed by atoms with Gasteiger partial charge in [0.15, 0.2) is 6.10 Å². The fraction of sp³-hybridized carbons (Fsp3) is 0.276. The van der Waals surface area contributed by atoms with Crippen LogP contribution in [0.5, 0.6) is 5.75 Å². The number of benzene rings is 3. The molecule has 37 heavy (non-hydrogen) atoms. The Bertz CT molecular complexity index is 1270. The molecule has 1 unspecified atom stereocenters. The summed E-state index contributed by atoms with van der Waals surface area (Å²) < 4.78 is 6.07. The van der Waals surface area contributed by atoms with Crippen molar-refractivity contribution >= 4 is 34.8 Å². The van der Waals surface area contributed by atoms with E-state index < -0.39 is 6.10 Å². The summed E-state index contributed by atoms with van der Waals surface area (Å²) in [5.74, 6) is -0.0612. The van der Waals surface area contributed by atoms with Crippen LogP contribution in [0.15, 0.2) is 78.9 Å². The Morgan fingerprint density at radius 1 is 0.811 bits per heavy atom. The molecule has 8 nitrogen and oxygen atoms in total. The number of likely N-dealkylation sites (tertiary alicyclic amines) is 1. The lowest BCUT2D eigenvalue weighted by Crippen LogP contribution is -2.52. The quantitative estimate of drug-likeness (QED) is 0.533. The van der Waals surface area contributed by atoms with Crippen molar-refractivity contribution < 1.29 is 19.1 Å². The molecular formula is C29H30N4O4. The summed E-state index contributed by atoms with van der Waals surface area (Å²) in [6.07, 6.45) is 2.45. The van der Waals surface area contributed by atoms with Crippen LogP contribution in [-0.4, -0.2) is 54.9 Å². The molecule has 8 heteroatoms. The molecule has 2 aliphatic heterocycles. The fourth-order valence-electron chi connectivity index (χ4n) is 4.78. The molecule has 1 atom stereocenters. The number of rotatable bonds is 6. The van der Waals surface area contributed by atoms with Crippen molar-refractivity contribution in [2.24, 2.45) is 0 Å². The van der Waals surface area contributed by atoms with Gasteiger partial charge in [-0.3, -0.25) is 14.4 Å². The highest BCUT2D eigenvalue weighted by molar-refractivity contribution is 6.10. The molecule has 3 aromatic rings. The van der Waals surface area contributed by atoms with Crippen LogP contribution in [0.2, 0.25) is 0 Å². The van der Waals surface area contributed by atoms with Crippen molar-refractivity contribution in [1.29, 1.82) is 0 Å². The molecule has 1 saturated heterocycles. The molecular weight excluding hydrogens is 468 g/mol. The zero-order chi connectivity index (χ0) is 25.6. The van der Waals surface area contributed by atoms with Crippen molar-refractivity contribution in [3.05, 3.63) is 84.4 Å². The molecule has 0 aromatic heterocycles. The Labute approximate surface area is 216 Å². The van der Waals surface area contributed by atoms with Crippen LogP contribution >= 0.6 is 0 Å². The van der Waals surface area contributed by atoms with Gasteiger partial charge in [0, 0.05) is 18.8 Å². The second kappa shape index (κ2) is 11.2. The molecule has 0 spiro atoms. The zero-order valence-corrected chi connectivity index (χ0v) is 20.6. The number of anilines is 3. The Balaban J connectivity index is 1.29. The first-order chi connectivity index (χ1) is 18.1. The highest BCUT2D eigenvalue weighted by atomic mass is 16.5. The first-order valence-corrected chi connectivity index (χ1v) is 12.6. The first kappa shape index (κ1) is 24.4. The number of hydrogen-bond acceptors (Lipinski definition) is 5. The maximum absolute atomic E-state index is 13.2. The summed E-state index contributed by atoms with van der Waals surface area (Å²) >= 11 is 0. The van der Waals surface area contributed by atoms with E-state index in [9.17, 15) is 14.4 Å². The van der Waals surface area contributed by atoms with E-state index >= 15 is 0 Å². The van der Waals surface area contributed by atoms with Crippen molar-refractivity contribution in [2.75, 3.05) is 41.7 Å². The fourth-order valence-corrected chi connectivity index (χ4v) is 4.78. The molecule has 2 heterocycles. The number of carbonyl (C=O) groups excluding carboxylic acids is 3. The minimum absolute atomic E-state index is 0.0127. The molecule has 190 valence electrons. The molecule has 0 bridgehead atoms. The highest BCUT2D eigenvalue weighted by Crippen LogP contribution is 2.33. The minimum atomic E-state index is -0.676. The van der Waals surface area contributed by atoms with Crippen molar-refractivity contribution in [3.63, 3.8) is 0 Å². The monoisotopic (exact) mass is 498 g/mol. The third kappa shape index (κ3) is 5.74. The highest BCUT2D eigenvalue weighted by Gasteiger charge is 2.34. The van der Waals surface area contributed by atoms with Crippen molar-refractivity contribution in [2.45, 2.75) is 25.4 Å². The summed E-state index contributed by atoms with van der Waals surface area (Å²) in [5.41, 5.74) is 2.21. The molecule has 5 rings (SSSR count). The average Bonchev–Trinajstić information content (AvgIpc) is 2.94. The molecule has 2 N–H and O–H groups in total. The van der Waals surface area contributed by atoms with E-state index in [0.717, 1.165) is 38.0 Å². The number of hydrogen-bond donors (Lipinski definition) is 2. The molecule has 0 aliphatic carbocycles. The zero-order valence-electron chi connectivity index (χ0n) is 20.6. The Kier molecular flexibility index (Phi) is 7.35. The van der Waals surface area contributed by atoms with Gasteiger partial charge in [-0.15, -0.1) is 0 Å². The number of nitrogens with zero attached hydrogens (tertiary/aromatic N) is 2. The van der Waals surface area contributed by atoms with Crippen LogP contribution < -0.4 is 20.3 Å². The van der Waals surface area contributed by atoms with Crippen LogP contribution in [0.3, 0.4) is 0 Å². The van der Waals surface area contributed by atoms with Gasteiger partial charge < -0.3 is 25.2 Å². The molecule has 2 aliphatic rings. The maximum Gasteiger partial charge on any atom is 0.265 e. The molecule has 0 saturated carbocycles. The van der Waals surface area contributed by atoms with Gasteiger partial charge in [-0.05, 0) is 55.7 Å². The number of fused-ring (bicyclic) bond motifs is 1. The van der Waals surface area contributed by atoms with Gasteiger partial charge in [0.25, 0.3) is 11.8 Å². The van der Waals surface area contributed by atoms with Gasteiger partial charge in [0.1, 0.15) is 5.75 Å². The number of nitrogens with one attached hydrogen (secondary N) is 2. The summed E-state index contributed by atoms with van der Waals surface area (Å²) in [6.45, 7) is 1.76. The maximum atomic E-state index is 13.2. The predicted octanol–water partition coefficient (Wildman–Crippen LogP) is 4.16. The van der Waals surface area contributed by atoms with Gasteiger partial charge in [-0.25, -0.2) is 0 Å². The SMILES string of the molecule is O=C(CN1CC(C(=O)N2CCCCC2)Oc2ccccc21)Nc1ccccc1C(=O)Nc1ccccc1. The molecule has 1 fully saturated rings. The summed E-state index contributed by atoms with van der Waals surface area (Å²) in [4.78, 5) is 43.0. The van der Waals surface area contributed by atoms with Crippen molar-refractivity contribution in [1.82, 2.24) is 4.90 Å². The number of carbonyl (C=O) groups is 3. The van der Waals surface area contributed by atoms with Gasteiger partial charge in [-0.2, -0.15) is 0 Å². The standard InChI is InChI=1S/C29H30N4O4/c34-27(31-23-14-6-5-13-22(23)28(35)30-21-11-3-1-4-12-21)20-33-19-26(29(36)32-17-9-2-10-18-32)37-25-16-8-7-15-24(25)33/h1,3-8,11-16,26H,2,9-10,17-20H2,(H,30,35)(H,31,34). The normalized spacial score (nSPS) is 16.8. The number of piperidine rings is 1. The van der Waals surface area contributed by atoms with Crippen LogP contribution in [0.25, 0.3) is 0 Å². The number of para-hydroxylation sites is 4. The lowest BCUT2D eigenvalue weighted by atomic mass is 10.1. The second-order valence-corrected chi connectivity index (χ2v) is 9.25. The van der Waals surface area contributed by atoms with E-state index in [1.807, 2.05) is 52.3 Å². The van der Waals surface area contributed by atoms with E-state index in [0.29, 0.717) is 22.7 Å². The van der Waals surface area contributed by atoms with Crippen LogP contribution in [0.4, 0.5) is 17.1 Å². The van der Waals surface area contributed by atoms with Gasteiger partial charge in [-0.1, -0.05) is 42.5 Å². The van der Waals surface area contributed by atoms with E-state index in [1.165, 1.54) is 0 Å². The Morgan fingerprint density at radius 3 is 2.32 bits per heavy atom. The van der Waals surface area contributed by atoms with Gasteiger partial charge >= 0.3 is 0 Å². The van der Waals surface area contributed by atoms with E-state index in [-0.39, 0.29) is 30.8 Å². The lowest BCUT2D eigenvalue weighted by Gasteiger charge is -2.38. The third-order valence-electron chi connectivity index (χ3n) is 6.62. The minimum Gasteiger partial charge on any atom is -0.477 e. The second-order valence-electron chi connectivity index (χ2n) is 9.25. The first-order valence-electron chi connectivity index (χ1n) is 12.6. The largest absolute Gasteiger partial charge is 0.477 e. The number of ether oxygens (including phenoxy) is 1. The Hall–Kier alpha value is -4.33. The van der Waals surface area contributed by atoms with E-state index in [4.69, 9.17) is 4.74 Å². The summed E-state index contributed by atoms with van der Waals surface area (Å²) in [6, 6.07) is 23.5. The summed E-state index contributed by atoms with van der Waals surface area (Å²) in [5, 5.41) is 5.74. The average molecular weight is 499 g/mol. The smallest absolute Gasteiger partial charge is 0.265 e. The number of amides is 3. The lowest BCUT2D eigenvalue weighted by molar-refractivity contribution is -0.139. The van der Waals surface area contributed by atoms with Gasteiger partial charge in [0.2, 0.25) is 5.91 Å². The summed E-state index contributed by atoms with van der Waals surface area (Å²) in [7, 11) is 0. The predicted molar refractivity (Wildman–Crippen MR) is 143 cm³/mol. The topological polar surface area (TPSA) is 91.0 Å². The third-order valence-corrected chi connectivity index (χ3v) is 6.62. The van der Waals surface area contributed by atoms with Crippen LogP contribution in [-0.2, 0) is 9.59 Å². The molecule has 3 aromatic carbocycles. The van der Waals surface area contributed by atoms with E-state index in [1.54, 1.807) is 36.4 Å². The molecule has 3 amide bonds. The van der Waals surface area contributed by atoms with E-state index in [2.05, 4.69) is 10.6 Å². The van der Waals surface area contributed by atoms with Crippen LogP contribution in [0.1, 0.15) is 29.6 Å². The van der Waals surface area contributed by atoms with Crippen LogP contribution in [0, 0.1) is 0 Å². The van der Waals surface area contributed by atoms with Crippen molar-refractivity contribution in [3.8, 4) is 5.75 Å². The Morgan fingerprint density at radius 2 is 1.51 bits per heavy atom. The molecule has 0 radical (unpaired) electrons.